The Hall–Kier alpha value is -1.10. The van der Waals surface area contributed by atoms with Gasteiger partial charge in [-0.25, -0.2) is 0 Å². The zero-order valence-corrected chi connectivity index (χ0v) is 8.59. The molecule has 0 unspecified atom stereocenters. The molecule has 0 aromatic carbocycles. The molecule has 2 rings (SSSR count). The fourth-order valence-corrected chi connectivity index (χ4v) is 1.81. The van der Waals surface area contributed by atoms with Crippen molar-refractivity contribution in [1.29, 1.82) is 0 Å². The average Bonchev–Trinajstić information content (AvgIpc) is 2.53. The summed E-state index contributed by atoms with van der Waals surface area (Å²) in [4.78, 5) is 0. The summed E-state index contributed by atoms with van der Waals surface area (Å²) in [6.45, 7) is 6.07. The van der Waals surface area contributed by atoms with E-state index in [1.165, 1.54) is 11.7 Å². The summed E-state index contributed by atoms with van der Waals surface area (Å²) in [6.07, 6.45) is 0. The number of hydrogen-bond donors (Lipinski definition) is 0. The number of aromatic nitrogens is 4. The van der Waals surface area contributed by atoms with E-state index in [0.717, 1.165) is 22.4 Å². The Morgan fingerprint density at radius 3 is 2.46 bits per heavy atom. The van der Waals surface area contributed by atoms with Crippen LogP contribution in [0.5, 0.6) is 0 Å². The molecule has 2 heterocycles. The maximum atomic E-state index is 4.23. The summed E-state index contributed by atoms with van der Waals surface area (Å²) in [6, 6.07) is 0. The molecule has 2 aromatic rings. The maximum absolute atomic E-state index is 4.23. The third kappa shape index (κ3) is 1.29. The molecule has 0 N–H and O–H groups in total. The van der Waals surface area contributed by atoms with Crippen LogP contribution in [0, 0.1) is 6.92 Å². The molecule has 0 fully saturated rings. The summed E-state index contributed by atoms with van der Waals surface area (Å²) in [5, 5.41) is 8.19. The van der Waals surface area contributed by atoms with Gasteiger partial charge in [0.1, 0.15) is 11.0 Å². The molecule has 0 aliphatic heterocycles. The summed E-state index contributed by atoms with van der Waals surface area (Å²) in [5.41, 5.74) is 3.60. The second-order valence-corrected chi connectivity index (χ2v) is 3.82. The first-order valence-electron chi connectivity index (χ1n) is 4.15. The van der Waals surface area contributed by atoms with Crippen molar-refractivity contribution in [1.82, 2.24) is 18.9 Å². The maximum Gasteiger partial charge on any atom is 0.130 e. The molecule has 4 nitrogen and oxygen atoms in total. The van der Waals surface area contributed by atoms with Gasteiger partial charge < -0.3 is 0 Å². The van der Waals surface area contributed by atoms with Crippen LogP contribution >= 0.6 is 11.7 Å². The minimum absolute atomic E-state index is 0.347. The van der Waals surface area contributed by atoms with Crippen molar-refractivity contribution in [2.45, 2.75) is 26.7 Å². The smallest absolute Gasteiger partial charge is 0.130 e. The van der Waals surface area contributed by atoms with Crippen LogP contribution in [0.4, 0.5) is 0 Å². The number of hydrogen-bond acceptors (Lipinski definition) is 5. The lowest BCUT2D eigenvalue weighted by molar-refractivity contribution is 0.789. The fourth-order valence-electron chi connectivity index (χ4n) is 1.21. The van der Waals surface area contributed by atoms with E-state index in [4.69, 9.17) is 0 Å². The highest BCUT2D eigenvalue weighted by molar-refractivity contribution is 7.00. The molecule has 2 aromatic heterocycles. The van der Waals surface area contributed by atoms with E-state index in [-0.39, 0.29) is 0 Å². The number of rotatable bonds is 1. The van der Waals surface area contributed by atoms with Gasteiger partial charge in [-0.1, -0.05) is 13.8 Å². The summed E-state index contributed by atoms with van der Waals surface area (Å²) < 4.78 is 8.42. The molecule has 5 heteroatoms. The number of aryl methyl sites for hydroxylation is 1. The minimum atomic E-state index is 0.347. The largest absolute Gasteiger partial charge is 0.171 e. The van der Waals surface area contributed by atoms with Crippen LogP contribution < -0.4 is 0 Å². The Morgan fingerprint density at radius 2 is 1.77 bits per heavy atom. The SMILES string of the molecule is Cc1nnc(C(C)C)c2nsnc12. The predicted molar refractivity (Wildman–Crippen MR) is 51.8 cm³/mol. The van der Waals surface area contributed by atoms with E-state index in [2.05, 4.69) is 32.8 Å². The molecule has 0 amide bonds. The highest BCUT2D eigenvalue weighted by Crippen LogP contribution is 2.22. The standard InChI is InChI=1S/C8H10N4S/c1-4(2)6-8-7(11-13-12-8)5(3)9-10-6/h4H,1-3H3. The molecular weight excluding hydrogens is 184 g/mol. The number of fused-ring (bicyclic) bond motifs is 1. The van der Waals surface area contributed by atoms with Crippen molar-refractivity contribution in [3.05, 3.63) is 11.4 Å². The summed E-state index contributed by atoms with van der Waals surface area (Å²) in [7, 11) is 0. The molecule has 0 radical (unpaired) electrons. The van der Waals surface area contributed by atoms with E-state index in [1.54, 1.807) is 0 Å². The molecule has 0 saturated carbocycles. The van der Waals surface area contributed by atoms with Gasteiger partial charge in [-0.3, -0.25) is 0 Å². The van der Waals surface area contributed by atoms with Crippen molar-refractivity contribution in [3.8, 4) is 0 Å². The molecule has 0 bridgehead atoms. The number of nitrogens with zero attached hydrogens (tertiary/aromatic N) is 4. The van der Waals surface area contributed by atoms with Crippen LogP contribution in [0.1, 0.15) is 31.2 Å². The molecule has 0 saturated heterocycles. The van der Waals surface area contributed by atoms with Crippen molar-refractivity contribution >= 4 is 22.8 Å². The van der Waals surface area contributed by atoms with E-state index < -0.39 is 0 Å². The van der Waals surface area contributed by atoms with E-state index in [9.17, 15) is 0 Å². The van der Waals surface area contributed by atoms with Gasteiger partial charge >= 0.3 is 0 Å². The van der Waals surface area contributed by atoms with Crippen molar-refractivity contribution in [2.75, 3.05) is 0 Å². The van der Waals surface area contributed by atoms with Gasteiger partial charge in [-0.2, -0.15) is 18.9 Å². The van der Waals surface area contributed by atoms with Gasteiger partial charge in [0, 0.05) is 0 Å². The first kappa shape index (κ1) is 8.50. The van der Waals surface area contributed by atoms with Gasteiger partial charge in [-0.15, -0.1) is 0 Å². The third-order valence-corrected chi connectivity index (χ3v) is 2.46. The Bertz CT molecular complexity index is 435. The average molecular weight is 194 g/mol. The van der Waals surface area contributed by atoms with Crippen molar-refractivity contribution in [3.63, 3.8) is 0 Å². The van der Waals surface area contributed by atoms with Crippen molar-refractivity contribution < 1.29 is 0 Å². The Morgan fingerprint density at radius 1 is 1.08 bits per heavy atom. The van der Waals surface area contributed by atoms with Crippen LogP contribution in [0.15, 0.2) is 0 Å². The van der Waals surface area contributed by atoms with Gasteiger partial charge in [0.15, 0.2) is 0 Å². The van der Waals surface area contributed by atoms with E-state index in [1.807, 2.05) is 6.92 Å². The zero-order valence-electron chi connectivity index (χ0n) is 7.77. The molecule has 68 valence electrons. The lowest BCUT2D eigenvalue weighted by Gasteiger charge is -2.03. The van der Waals surface area contributed by atoms with Crippen LogP contribution in [0.25, 0.3) is 11.0 Å². The van der Waals surface area contributed by atoms with Gasteiger partial charge in [0.25, 0.3) is 0 Å². The van der Waals surface area contributed by atoms with Crippen LogP contribution in [0.2, 0.25) is 0 Å². The molecule has 13 heavy (non-hydrogen) atoms. The van der Waals surface area contributed by atoms with Crippen LogP contribution in [0.3, 0.4) is 0 Å². The van der Waals surface area contributed by atoms with Gasteiger partial charge in [0.05, 0.1) is 23.1 Å². The fraction of sp³-hybridized carbons (Fsp3) is 0.500. The van der Waals surface area contributed by atoms with Gasteiger partial charge in [-0.05, 0) is 12.8 Å². The third-order valence-electron chi connectivity index (χ3n) is 1.93. The molecule has 0 aliphatic rings. The summed E-state index contributed by atoms with van der Waals surface area (Å²) in [5.74, 6) is 0.347. The highest BCUT2D eigenvalue weighted by atomic mass is 32.1. The monoisotopic (exact) mass is 194 g/mol. The van der Waals surface area contributed by atoms with Crippen LogP contribution in [-0.2, 0) is 0 Å². The molecule has 0 spiro atoms. The molecule has 0 atom stereocenters. The second kappa shape index (κ2) is 2.99. The van der Waals surface area contributed by atoms with Gasteiger partial charge in [0.2, 0.25) is 0 Å². The van der Waals surface area contributed by atoms with E-state index >= 15 is 0 Å². The predicted octanol–water partition coefficient (Wildman–Crippen LogP) is 1.91. The lowest BCUT2D eigenvalue weighted by atomic mass is 10.1. The topological polar surface area (TPSA) is 51.6 Å². The Kier molecular flexibility index (Phi) is 1.95. The van der Waals surface area contributed by atoms with Crippen LogP contribution in [-0.4, -0.2) is 18.9 Å². The van der Waals surface area contributed by atoms with Crippen molar-refractivity contribution in [2.24, 2.45) is 0 Å². The summed E-state index contributed by atoms with van der Waals surface area (Å²) >= 11 is 1.22. The van der Waals surface area contributed by atoms with E-state index in [0.29, 0.717) is 5.92 Å². The molecular formula is C8H10N4S. The normalized spacial score (nSPS) is 11.4. The first-order valence-corrected chi connectivity index (χ1v) is 4.88. The zero-order chi connectivity index (χ0) is 9.42. The highest BCUT2D eigenvalue weighted by Gasteiger charge is 2.12. The first-order chi connectivity index (χ1) is 6.20. The Labute approximate surface area is 80.3 Å². The second-order valence-electron chi connectivity index (χ2n) is 3.29. The Balaban J connectivity index is 2.78. The lowest BCUT2D eigenvalue weighted by Crippen LogP contribution is -1.99. The minimum Gasteiger partial charge on any atom is -0.171 e. The quantitative estimate of drug-likeness (QED) is 0.696. The molecule has 0 aliphatic carbocycles.